The van der Waals surface area contributed by atoms with Crippen LogP contribution in [0.15, 0.2) is 23.6 Å². The lowest BCUT2D eigenvalue weighted by Gasteiger charge is -2.16. The average molecular weight is 335 g/mol. The molecule has 19 heavy (non-hydrogen) atoms. The molecule has 1 unspecified atom stereocenters. The molecule has 1 nitrogen and oxygen atoms in total. The molecule has 0 aliphatic rings. The van der Waals surface area contributed by atoms with E-state index < -0.39 is 0 Å². The zero-order chi connectivity index (χ0) is 14.0. The van der Waals surface area contributed by atoms with Gasteiger partial charge in [0.15, 0.2) is 0 Å². The molecule has 1 heterocycles. The molecule has 0 saturated heterocycles. The molecule has 0 saturated carbocycles. The highest BCUT2D eigenvalue weighted by Gasteiger charge is 2.18. The molecule has 0 spiro atoms. The summed E-state index contributed by atoms with van der Waals surface area (Å²) in [6.07, 6.45) is 0.759. The highest BCUT2D eigenvalue weighted by Crippen LogP contribution is 2.35. The number of benzene rings is 1. The highest BCUT2D eigenvalue weighted by molar-refractivity contribution is 7.10. The Morgan fingerprint density at radius 3 is 2.58 bits per heavy atom. The van der Waals surface area contributed by atoms with E-state index in [2.05, 4.69) is 10.7 Å². The summed E-state index contributed by atoms with van der Waals surface area (Å²) in [5, 5.41) is 7.63. The Morgan fingerprint density at radius 1 is 1.26 bits per heavy atom. The number of hydrogen-bond acceptors (Lipinski definition) is 2. The number of rotatable bonds is 4. The molecule has 102 valence electrons. The Labute approximate surface area is 132 Å². The second-order valence-corrected chi connectivity index (χ2v) is 6.51. The molecule has 1 N–H and O–H groups in total. The molecule has 0 amide bonds. The minimum atomic E-state index is 0.141. The smallest absolute Gasteiger partial charge is 0.0590 e. The largest absolute Gasteiger partial charge is 0.312 e. The van der Waals surface area contributed by atoms with Crippen molar-refractivity contribution in [3.8, 4) is 0 Å². The van der Waals surface area contributed by atoms with Crippen LogP contribution in [0.2, 0.25) is 15.1 Å². The highest BCUT2D eigenvalue weighted by atomic mass is 35.5. The van der Waals surface area contributed by atoms with Crippen molar-refractivity contribution in [2.45, 2.75) is 19.4 Å². The summed E-state index contributed by atoms with van der Waals surface area (Å²) in [7, 11) is 1.93. The fraction of sp³-hybridized carbons (Fsp3) is 0.286. The van der Waals surface area contributed by atoms with Gasteiger partial charge in [-0.15, -0.1) is 11.3 Å². The van der Waals surface area contributed by atoms with Crippen molar-refractivity contribution in [1.82, 2.24) is 5.32 Å². The van der Waals surface area contributed by atoms with E-state index in [1.165, 1.54) is 0 Å². The fourth-order valence-corrected chi connectivity index (χ4v) is 3.76. The first-order chi connectivity index (χ1) is 9.02. The van der Waals surface area contributed by atoms with Crippen LogP contribution in [-0.4, -0.2) is 7.05 Å². The Kier molecular flexibility index (Phi) is 5.15. The Bertz CT molecular complexity index is 580. The molecule has 0 aliphatic carbocycles. The Balaban J connectivity index is 2.29. The first-order valence-electron chi connectivity index (χ1n) is 5.87. The maximum absolute atomic E-state index is 6.33. The molecule has 1 atom stereocenters. The van der Waals surface area contributed by atoms with Gasteiger partial charge in [-0.05, 0) is 55.1 Å². The quantitative estimate of drug-likeness (QED) is 0.776. The van der Waals surface area contributed by atoms with Crippen LogP contribution >= 0.6 is 46.1 Å². The van der Waals surface area contributed by atoms with E-state index in [1.54, 1.807) is 17.4 Å². The predicted molar refractivity (Wildman–Crippen MR) is 86.0 cm³/mol. The summed E-state index contributed by atoms with van der Waals surface area (Å²) in [5.74, 6) is 0. The molecule has 0 fully saturated rings. The lowest BCUT2D eigenvalue weighted by atomic mass is 10.0. The minimum absolute atomic E-state index is 0.141. The normalized spacial score (nSPS) is 12.7. The van der Waals surface area contributed by atoms with Crippen molar-refractivity contribution in [3.63, 3.8) is 0 Å². The summed E-state index contributed by atoms with van der Waals surface area (Å²) < 4.78 is 0. The predicted octanol–water partition coefficient (Wildman–Crippen LogP) is 5.52. The van der Waals surface area contributed by atoms with Crippen LogP contribution in [0.5, 0.6) is 0 Å². The van der Waals surface area contributed by atoms with Gasteiger partial charge in [0, 0.05) is 21.0 Å². The van der Waals surface area contributed by atoms with Crippen LogP contribution in [0.4, 0.5) is 0 Å². The maximum atomic E-state index is 6.33. The van der Waals surface area contributed by atoms with Gasteiger partial charge < -0.3 is 5.32 Å². The van der Waals surface area contributed by atoms with Crippen molar-refractivity contribution >= 4 is 46.1 Å². The molecule has 0 radical (unpaired) electrons. The fourth-order valence-electron chi connectivity index (χ4n) is 1.93. The van der Waals surface area contributed by atoms with Crippen LogP contribution in [0, 0.1) is 6.92 Å². The van der Waals surface area contributed by atoms with Gasteiger partial charge in [0.05, 0.1) is 5.02 Å². The summed E-state index contributed by atoms with van der Waals surface area (Å²) >= 11 is 20.2. The number of halogens is 3. The van der Waals surface area contributed by atoms with Gasteiger partial charge in [-0.25, -0.2) is 0 Å². The zero-order valence-corrected chi connectivity index (χ0v) is 13.7. The SMILES string of the molecule is CNC(Cc1cc(Cl)ccc1Cl)c1scc(C)c1Cl. The Morgan fingerprint density at radius 2 is 2.00 bits per heavy atom. The third kappa shape index (κ3) is 3.45. The van der Waals surface area contributed by atoms with Crippen molar-refractivity contribution in [2.24, 2.45) is 0 Å². The van der Waals surface area contributed by atoms with Gasteiger partial charge in [-0.1, -0.05) is 34.8 Å². The minimum Gasteiger partial charge on any atom is -0.312 e. The standard InChI is InChI=1S/C14H14Cl3NS/c1-8-7-19-14(13(8)17)12(18-2)6-9-5-10(15)3-4-11(9)16/h3-5,7,12,18H,6H2,1-2H3. The van der Waals surface area contributed by atoms with Gasteiger partial charge in [0.1, 0.15) is 0 Å². The Hall–Kier alpha value is -0.250. The average Bonchev–Trinajstić information content (AvgIpc) is 2.71. The van der Waals surface area contributed by atoms with E-state index in [0.717, 1.165) is 32.5 Å². The second-order valence-electron chi connectivity index (χ2n) is 4.38. The van der Waals surface area contributed by atoms with Gasteiger partial charge in [0.25, 0.3) is 0 Å². The van der Waals surface area contributed by atoms with Gasteiger partial charge >= 0.3 is 0 Å². The van der Waals surface area contributed by atoms with Crippen molar-refractivity contribution < 1.29 is 0 Å². The number of thiophene rings is 1. The summed E-state index contributed by atoms with van der Waals surface area (Å²) in [6.45, 7) is 2.02. The van der Waals surface area contributed by atoms with Crippen LogP contribution in [-0.2, 0) is 6.42 Å². The molecule has 2 rings (SSSR count). The molecule has 5 heteroatoms. The zero-order valence-electron chi connectivity index (χ0n) is 10.6. The number of hydrogen-bond donors (Lipinski definition) is 1. The summed E-state index contributed by atoms with van der Waals surface area (Å²) in [5.41, 5.74) is 2.13. The van der Waals surface area contributed by atoms with Gasteiger partial charge in [-0.3, -0.25) is 0 Å². The lowest BCUT2D eigenvalue weighted by molar-refractivity contribution is 0.602. The van der Waals surface area contributed by atoms with Crippen molar-refractivity contribution in [1.29, 1.82) is 0 Å². The molecule has 2 aromatic rings. The first kappa shape index (κ1) is 15.1. The summed E-state index contributed by atoms with van der Waals surface area (Å²) in [6, 6.07) is 5.67. The van der Waals surface area contributed by atoms with E-state index in [9.17, 15) is 0 Å². The topological polar surface area (TPSA) is 12.0 Å². The van der Waals surface area contributed by atoms with Crippen LogP contribution in [0.3, 0.4) is 0 Å². The van der Waals surface area contributed by atoms with E-state index >= 15 is 0 Å². The number of nitrogens with one attached hydrogen (secondary N) is 1. The maximum Gasteiger partial charge on any atom is 0.0590 e. The van der Waals surface area contributed by atoms with Crippen molar-refractivity contribution in [2.75, 3.05) is 7.05 Å². The van der Waals surface area contributed by atoms with Crippen LogP contribution in [0.25, 0.3) is 0 Å². The molecule has 0 bridgehead atoms. The van der Waals surface area contributed by atoms with E-state index in [1.807, 2.05) is 26.1 Å². The monoisotopic (exact) mass is 333 g/mol. The van der Waals surface area contributed by atoms with Crippen LogP contribution in [0.1, 0.15) is 22.0 Å². The number of likely N-dealkylation sites (N-methyl/N-ethyl adjacent to an activating group) is 1. The molecular weight excluding hydrogens is 321 g/mol. The third-order valence-corrected chi connectivity index (χ3v) is 5.45. The third-order valence-electron chi connectivity index (χ3n) is 3.02. The summed E-state index contributed by atoms with van der Waals surface area (Å²) in [4.78, 5) is 1.14. The van der Waals surface area contributed by atoms with Gasteiger partial charge in [-0.2, -0.15) is 0 Å². The molecular formula is C14H14Cl3NS. The van der Waals surface area contributed by atoms with Gasteiger partial charge in [0.2, 0.25) is 0 Å². The second kappa shape index (κ2) is 6.47. The lowest BCUT2D eigenvalue weighted by Crippen LogP contribution is -2.18. The number of aryl methyl sites for hydroxylation is 1. The molecule has 1 aromatic heterocycles. The van der Waals surface area contributed by atoms with Crippen molar-refractivity contribution in [3.05, 3.63) is 54.7 Å². The molecule has 0 aliphatic heterocycles. The molecule has 1 aromatic carbocycles. The van der Waals surface area contributed by atoms with Crippen LogP contribution < -0.4 is 5.32 Å². The van der Waals surface area contributed by atoms with E-state index in [0.29, 0.717) is 5.02 Å². The first-order valence-corrected chi connectivity index (χ1v) is 7.89. The van der Waals surface area contributed by atoms with E-state index in [-0.39, 0.29) is 6.04 Å². The van der Waals surface area contributed by atoms with E-state index in [4.69, 9.17) is 34.8 Å².